The van der Waals surface area contributed by atoms with Gasteiger partial charge >= 0.3 is 0 Å². The number of ether oxygens (including phenoxy) is 1. The minimum absolute atomic E-state index is 0. The Morgan fingerprint density at radius 3 is 1.83 bits per heavy atom. The van der Waals surface area contributed by atoms with Crippen molar-refractivity contribution in [3.63, 3.8) is 0 Å². The van der Waals surface area contributed by atoms with Gasteiger partial charge in [0.2, 0.25) is 0 Å². The summed E-state index contributed by atoms with van der Waals surface area (Å²) in [7, 11) is 0. The Labute approximate surface area is 516 Å². The maximum absolute atomic E-state index is 8.72. The smallest absolute Gasteiger partial charge is 0.268 e. The number of pyridine rings is 1. The van der Waals surface area contributed by atoms with Crippen molar-refractivity contribution in [3.8, 4) is 73.2 Å². The van der Waals surface area contributed by atoms with Crippen LogP contribution >= 0.6 is 0 Å². The van der Waals surface area contributed by atoms with E-state index in [9.17, 15) is 0 Å². The molecule has 12 rings (SSSR count). The fourth-order valence-corrected chi connectivity index (χ4v) is 10.9. The number of imidazole rings is 1. The maximum atomic E-state index is 8.72. The van der Waals surface area contributed by atoms with E-state index in [0.717, 1.165) is 60.9 Å². The second kappa shape index (κ2) is 21.6. The number of hydrogen-bond donors (Lipinski definition) is 0. The number of nitrogens with zero attached hydrogens (tertiary/aromatic N) is 4. The van der Waals surface area contributed by atoms with Gasteiger partial charge < -0.3 is 13.9 Å². The van der Waals surface area contributed by atoms with Crippen molar-refractivity contribution in [1.82, 2.24) is 14.1 Å². The van der Waals surface area contributed by atoms with Gasteiger partial charge in [0.1, 0.15) is 5.82 Å². The molecular weight excluding hydrogens is 1190 g/mol. The number of aromatic nitrogens is 4. The molecule has 0 amide bonds. The van der Waals surface area contributed by atoms with Crippen molar-refractivity contribution in [2.24, 2.45) is 0 Å². The van der Waals surface area contributed by atoms with Crippen LogP contribution in [-0.2, 0) is 42.7 Å². The molecule has 0 saturated carbocycles. The molecule has 0 bridgehead atoms. The Morgan fingerprint density at radius 2 is 1.13 bits per heavy atom. The molecule has 12 aromatic rings. The predicted octanol–water partition coefficient (Wildman–Crippen LogP) is 19.8. The van der Waals surface area contributed by atoms with Crippen LogP contribution in [0.25, 0.3) is 94.5 Å². The van der Waals surface area contributed by atoms with Crippen LogP contribution in [0.1, 0.15) is 122 Å². The summed E-state index contributed by atoms with van der Waals surface area (Å²) in [6.45, 7) is 24.3. The first kappa shape index (κ1) is 47.4. The minimum Gasteiger partial charge on any atom is -0.510 e. The first-order valence-corrected chi connectivity index (χ1v) is 28.1. The summed E-state index contributed by atoms with van der Waals surface area (Å²) >= 11 is 0. The van der Waals surface area contributed by atoms with E-state index < -0.39 is 37.1 Å². The van der Waals surface area contributed by atoms with Crippen LogP contribution in [0.3, 0.4) is 0 Å². The van der Waals surface area contributed by atoms with Crippen molar-refractivity contribution in [2.75, 3.05) is 0 Å². The van der Waals surface area contributed by atoms with E-state index in [1.54, 1.807) is 4.57 Å². The first-order chi connectivity index (χ1) is 42.3. The molecule has 5 nitrogen and oxygen atoms in total. The zero-order chi connectivity index (χ0) is 64.3. The molecule has 0 aliphatic heterocycles. The van der Waals surface area contributed by atoms with Crippen molar-refractivity contribution in [1.29, 1.82) is 0 Å². The van der Waals surface area contributed by atoms with Crippen molar-refractivity contribution in [3.05, 3.63) is 246 Å². The Morgan fingerprint density at radius 1 is 0.494 bits per heavy atom. The molecule has 0 radical (unpaired) electrons. The van der Waals surface area contributed by atoms with Crippen molar-refractivity contribution < 1.29 is 41.3 Å². The minimum atomic E-state index is -2.77. The van der Waals surface area contributed by atoms with E-state index in [-0.39, 0.29) is 65.2 Å². The van der Waals surface area contributed by atoms with Crippen LogP contribution in [0, 0.1) is 25.3 Å². The summed E-state index contributed by atoms with van der Waals surface area (Å²) in [5, 5.41) is 1.65. The first-order valence-electron chi connectivity index (χ1n) is 32.1. The van der Waals surface area contributed by atoms with Crippen molar-refractivity contribution in [2.45, 2.75) is 112 Å². The van der Waals surface area contributed by atoms with E-state index in [1.807, 2.05) is 54.6 Å². The Bertz CT molecular complexity index is 4780. The third-order valence-corrected chi connectivity index (χ3v) is 15.7. The van der Waals surface area contributed by atoms with Gasteiger partial charge in [-0.1, -0.05) is 234 Å². The summed E-state index contributed by atoms with van der Waals surface area (Å²) in [6.07, 6.45) is 5.20. The third kappa shape index (κ3) is 11.1. The quantitative estimate of drug-likeness (QED) is 0.107. The van der Waals surface area contributed by atoms with Gasteiger partial charge in [-0.2, -0.15) is 18.2 Å². The van der Waals surface area contributed by atoms with Crippen LogP contribution in [0.2, 0.25) is 0 Å². The normalized spacial score (nSPS) is 13.8. The molecule has 9 aromatic carbocycles. The summed E-state index contributed by atoms with van der Waals surface area (Å²) in [5.41, 5.74) is 15.2. The molecule has 0 spiro atoms. The topological polar surface area (TPSA) is 35.9 Å². The Balaban J connectivity index is 0.00000850. The van der Waals surface area contributed by atoms with Gasteiger partial charge in [-0.25, -0.2) is 4.98 Å². The van der Waals surface area contributed by atoms with Gasteiger partial charge in [0.15, 0.2) is 0 Å². The summed E-state index contributed by atoms with van der Waals surface area (Å²) in [6, 6.07) is 61.2. The third-order valence-electron chi connectivity index (χ3n) is 15.7. The molecule has 0 aliphatic rings. The zero-order valence-electron chi connectivity index (χ0n) is 57.2. The van der Waals surface area contributed by atoms with Crippen LogP contribution in [0.5, 0.6) is 11.5 Å². The van der Waals surface area contributed by atoms with Gasteiger partial charge in [-0.15, -0.1) is 29.7 Å². The summed E-state index contributed by atoms with van der Waals surface area (Å²) in [4.78, 5) is 4.77. The van der Waals surface area contributed by atoms with Crippen molar-refractivity contribution >= 4 is 32.8 Å². The van der Waals surface area contributed by atoms with E-state index >= 15 is 0 Å². The van der Waals surface area contributed by atoms with E-state index in [1.165, 1.54) is 34.5 Å². The van der Waals surface area contributed by atoms with Gasteiger partial charge in [0.25, 0.3) is 6.33 Å². The standard InChI is InChI=1S/C77H72N4O.Pt/c1-50-40-72(78-48-67(50)52-22-15-14-16-23-52)81-68-31-18-17-28-65(68)66-38-37-62(47-70(66)81)82-61-27-20-26-60(46-61)79-49-80(69-39-34-53(44-71(69)79)51-32-35-56(36-33-51)74(2,3)4)73-63(54-24-19-25-57(41-54)75(5,6)7)29-21-30-64(73)55-42-58(76(8,9)10)45-59(43-55)77(11,12)13;/h14-45,48H,1-13H3;/q-2;/i1D3,14D,15D,16D,22D,23D;. The molecular formula is C77H72N4OPt-2. The van der Waals surface area contributed by atoms with Gasteiger partial charge in [-0.05, 0) is 125 Å². The number of hydrogen-bond acceptors (Lipinski definition) is 2. The molecule has 0 fully saturated rings. The molecule has 0 N–H and O–H groups in total. The fraction of sp³-hybridized carbons (Fsp3) is 0.221. The van der Waals surface area contributed by atoms with E-state index in [0.29, 0.717) is 28.2 Å². The van der Waals surface area contributed by atoms with Gasteiger partial charge in [-0.3, -0.25) is 4.57 Å². The molecule has 83 heavy (non-hydrogen) atoms. The molecule has 3 heterocycles. The second-order valence-electron chi connectivity index (χ2n) is 25.7. The molecule has 6 heteroatoms. The van der Waals surface area contributed by atoms with Gasteiger partial charge in [0.05, 0.1) is 23.6 Å². The average Bonchev–Trinajstić information content (AvgIpc) is 1.72. The molecule has 0 unspecified atom stereocenters. The molecule has 418 valence electrons. The van der Waals surface area contributed by atoms with Crippen LogP contribution in [0.4, 0.5) is 0 Å². The van der Waals surface area contributed by atoms with Crippen LogP contribution < -0.4 is 9.30 Å². The molecule has 0 atom stereocenters. The number of aryl methyl sites for hydroxylation is 1. The van der Waals surface area contributed by atoms with E-state index in [4.69, 9.17) is 20.7 Å². The number of benzene rings is 9. The van der Waals surface area contributed by atoms with E-state index in [2.05, 4.69) is 214 Å². The average molecular weight is 1270 g/mol. The fourth-order valence-electron chi connectivity index (χ4n) is 10.9. The zero-order valence-corrected chi connectivity index (χ0v) is 51.5. The molecule has 0 aliphatic carbocycles. The second-order valence-corrected chi connectivity index (χ2v) is 25.7. The maximum Gasteiger partial charge on any atom is 0.268 e. The summed E-state index contributed by atoms with van der Waals surface area (Å²) < 4.78 is 81.3. The van der Waals surface area contributed by atoms with Crippen LogP contribution in [-0.4, -0.2) is 14.1 Å². The predicted molar refractivity (Wildman–Crippen MR) is 341 cm³/mol. The largest absolute Gasteiger partial charge is 0.510 e. The number of para-hydroxylation sites is 2. The Kier molecular flexibility index (Phi) is 12.3. The number of rotatable bonds is 9. The van der Waals surface area contributed by atoms with Gasteiger partial charge in [0, 0.05) is 54.0 Å². The monoisotopic (exact) mass is 1270 g/mol. The van der Waals surface area contributed by atoms with Crippen LogP contribution in [0.15, 0.2) is 200 Å². The molecule has 3 aromatic heterocycles. The SMILES string of the molecule is [2H]c1c([2H])c([2H])c(-c2cnc(-n3c4[c-]c(Oc5[c-]c(-n6[c-][n+](-c7c(-c8cccc(C(C)(C)C)c8)cccc7-c7cc(C(C)(C)C)cc(C(C)(C)C)c7)c7ccc(-c8ccc(C(C)(C)C)cc8)cc76)ccc5)ccc4c4ccccc43)cc2C([2H])([2H])[2H])c([2H])c1[2H].[Pt]. The summed E-state index contributed by atoms with van der Waals surface area (Å²) in [5.74, 6) is 0.981. The molecule has 0 saturated heterocycles. The Hall–Kier alpha value is -8.11. The number of fused-ring (bicyclic) bond motifs is 4.